The normalized spacial score (nSPS) is 21.3. The van der Waals surface area contributed by atoms with Gasteiger partial charge in [0.1, 0.15) is 5.76 Å². The minimum atomic E-state index is -0.0138. The number of rotatable bonds is 4. The van der Waals surface area contributed by atoms with E-state index in [1.165, 1.54) is 12.8 Å². The van der Waals surface area contributed by atoms with Gasteiger partial charge in [0.05, 0.1) is 0 Å². The molecular weight excluding hydrogens is 216 g/mol. The van der Waals surface area contributed by atoms with Crippen LogP contribution in [0.15, 0.2) is 10.6 Å². The fourth-order valence-corrected chi connectivity index (χ4v) is 2.21. The number of carbonyl (C=O) groups excluding carboxylic acids is 1. The van der Waals surface area contributed by atoms with E-state index in [-0.39, 0.29) is 5.91 Å². The topological polar surface area (TPSA) is 46.3 Å². The molecule has 4 heteroatoms. The van der Waals surface area contributed by atoms with E-state index in [0.717, 1.165) is 18.6 Å². The number of hydrogen-bond donors (Lipinski definition) is 0. The first-order valence-electron chi connectivity index (χ1n) is 6.40. The molecule has 2 aliphatic carbocycles. The standard InChI is InChI=1S/C13H18N2O2/c1-8(9-3-4-9)15(2)13(16)11-7-12(17-14-11)10-5-6-10/h7-10H,3-6H2,1-2H3. The van der Waals surface area contributed by atoms with Crippen LogP contribution in [-0.4, -0.2) is 29.1 Å². The lowest BCUT2D eigenvalue weighted by Crippen LogP contribution is -2.36. The van der Waals surface area contributed by atoms with E-state index in [4.69, 9.17) is 4.52 Å². The fourth-order valence-electron chi connectivity index (χ4n) is 2.21. The molecular formula is C13H18N2O2. The average molecular weight is 234 g/mol. The predicted octanol–water partition coefficient (Wildman–Crippen LogP) is 2.42. The van der Waals surface area contributed by atoms with Gasteiger partial charge in [-0.1, -0.05) is 5.16 Å². The van der Waals surface area contributed by atoms with Crippen molar-refractivity contribution < 1.29 is 9.32 Å². The summed E-state index contributed by atoms with van der Waals surface area (Å²) in [4.78, 5) is 14.0. The van der Waals surface area contributed by atoms with Gasteiger partial charge in [-0.3, -0.25) is 4.79 Å². The minimum absolute atomic E-state index is 0.0138. The molecule has 2 fully saturated rings. The van der Waals surface area contributed by atoms with Gasteiger partial charge < -0.3 is 9.42 Å². The summed E-state index contributed by atoms with van der Waals surface area (Å²) in [6, 6.07) is 2.12. The highest BCUT2D eigenvalue weighted by Crippen LogP contribution is 2.40. The fraction of sp³-hybridized carbons (Fsp3) is 0.692. The summed E-state index contributed by atoms with van der Waals surface area (Å²) >= 11 is 0. The largest absolute Gasteiger partial charge is 0.360 e. The smallest absolute Gasteiger partial charge is 0.276 e. The Morgan fingerprint density at radius 1 is 1.47 bits per heavy atom. The van der Waals surface area contributed by atoms with E-state index >= 15 is 0 Å². The lowest BCUT2D eigenvalue weighted by atomic mass is 10.2. The molecule has 92 valence electrons. The van der Waals surface area contributed by atoms with Gasteiger partial charge in [-0.05, 0) is 38.5 Å². The Bertz CT molecular complexity index is 432. The van der Waals surface area contributed by atoms with Crippen LogP contribution >= 0.6 is 0 Å². The molecule has 0 N–H and O–H groups in total. The van der Waals surface area contributed by atoms with Crippen LogP contribution in [0.1, 0.15) is 54.8 Å². The molecule has 4 nitrogen and oxygen atoms in total. The molecule has 1 unspecified atom stereocenters. The SMILES string of the molecule is CC(C1CC1)N(C)C(=O)c1cc(C2CC2)on1. The van der Waals surface area contributed by atoms with Gasteiger partial charge >= 0.3 is 0 Å². The molecule has 17 heavy (non-hydrogen) atoms. The van der Waals surface area contributed by atoms with E-state index < -0.39 is 0 Å². The summed E-state index contributed by atoms with van der Waals surface area (Å²) < 4.78 is 5.22. The van der Waals surface area contributed by atoms with Crippen molar-refractivity contribution in [3.63, 3.8) is 0 Å². The second-order valence-electron chi connectivity index (χ2n) is 5.38. The van der Waals surface area contributed by atoms with Crippen molar-refractivity contribution in [2.75, 3.05) is 7.05 Å². The third-order valence-corrected chi connectivity index (χ3v) is 3.96. The third kappa shape index (κ3) is 2.08. The van der Waals surface area contributed by atoms with Crippen molar-refractivity contribution in [1.82, 2.24) is 10.1 Å². The van der Waals surface area contributed by atoms with Gasteiger partial charge in [0.2, 0.25) is 0 Å². The van der Waals surface area contributed by atoms with Crippen LogP contribution in [0.2, 0.25) is 0 Å². The highest BCUT2D eigenvalue weighted by atomic mass is 16.5. The summed E-state index contributed by atoms with van der Waals surface area (Å²) in [6.45, 7) is 2.11. The third-order valence-electron chi connectivity index (χ3n) is 3.96. The van der Waals surface area contributed by atoms with Crippen molar-refractivity contribution in [2.45, 2.75) is 44.6 Å². The Morgan fingerprint density at radius 3 is 2.76 bits per heavy atom. The Morgan fingerprint density at radius 2 is 2.18 bits per heavy atom. The van der Waals surface area contributed by atoms with Gasteiger partial charge in [-0.25, -0.2) is 0 Å². The van der Waals surface area contributed by atoms with Crippen molar-refractivity contribution >= 4 is 5.91 Å². The van der Waals surface area contributed by atoms with Gasteiger partial charge in [-0.15, -0.1) is 0 Å². The molecule has 0 aliphatic heterocycles. The second kappa shape index (κ2) is 3.86. The number of aromatic nitrogens is 1. The molecule has 0 bridgehead atoms. The first-order valence-corrected chi connectivity index (χ1v) is 6.40. The Hall–Kier alpha value is -1.32. The van der Waals surface area contributed by atoms with E-state index in [0.29, 0.717) is 23.6 Å². The molecule has 1 heterocycles. The molecule has 2 aliphatic rings. The lowest BCUT2D eigenvalue weighted by Gasteiger charge is -2.23. The second-order valence-corrected chi connectivity index (χ2v) is 5.38. The predicted molar refractivity (Wildman–Crippen MR) is 62.8 cm³/mol. The quantitative estimate of drug-likeness (QED) is 0.803. The maximum Gasteiger partial charge on any atom is 0.276 e. The summed E-state index contributed by atoms with van der Waals surface area (Å²) in [5.41, 5.74) is 0.460. The van der Waals surface area contributed by atoms with Gasteiger partial charge in [0.15, 0.2) is 5.69 Å². The Kier molecular flexibility index (Phi) is 2.45. The van der Waals surface area contributed by atoms with E-state index in [2.05, 4.69) is 12.1 Å². The minimum Gasteiger partial charge on any atom is -0.360 e. The number of carbonyl (C=O) groups is 1. The molecule has 3 rings (SSSR count). The van der Waals surface area contributed by atoms with Crippen molar-refractivity contribution in [3.05, 3.63) is 17.5 Å². The highest BCUT2D eigenvalue weighted by molar-refractivity contribution is 5.92. The lowest BCUT2D eigenvalue weighted by molar-refractivity contribution is 0.0716. The summed E-state index contributed by atoms with van der Waals surface area (Å²) in [6.07, 6.45) is 4.81. The van der Waals surface area contributed by atoms with Crippen LogP contribution in [0.5, 0.6) is 0 Å². The first-order chi connectivity index (χ1) is 8.16. The molecule has 2 saturated carbocycles. The van der Waals surface area contributed by atoms with Crippen LogP contribution in [0.25, 0.3) is 0 Å². The van der Waals surface area contributed by atoms with Gasteiger partial charge in [0, 0.05) is 25.1 Å². The molecule has 1 aromatic heterocycles. The van der Waals surface area contributed by atoms with Crippen LogP contribution < -0.4 is 0 Å². The summed E-state index contributed by atoms with van der Waals surface area (Å²) in [5, 5.41) is 3.89. The Labute approximate surface area is 101 Å². The molecule has 0 radical (unpaired) electrons. The maximum absolute atomic E-state index is 12.2. The zero-order valence-corrected chi connectivity index (χ0v) is 10.3. The highest BCUT2D eigenvalue weighted by Gasteiger charge is 2.34. The molecule has 0 saturated heterocycles. The molecule has 0 spiro atoms. The van der Waals surface area contributed by atoms with E-state index in [9.17, 15) is 4.79 Å². The maximum atomic E-state index is 12.2. The number of amides is 1. The van der Waals surface area contributed by atoms with Gasteiger partial charge in [-0.2, -0.15) is 0 Å². The van der Waals surface area contributed by atoms with Crippen LogP contribution in [-0.2, 0) is 0 Å². The number of nitrogens with zero attached hydrogens (tertiary/aromatic N) is 2. The van der Waals surface area contributed by atoms with Crippen molar-refractivity contribution in [2.24, 2.45) is 5.92 Å². The molecule has 1 amide bonds. The van der Waals surface area contributed by atoms with E-state index in [1.54, 1.807) is 4.90 Å². The average Bonchev–Trinajstić information content (AvgIpc) is 3.24. The molecule has 1 aromatic rings. The van der Waals surface area contributed by atoms with E-state index in [1.807, 2.05) is 13.1 Å². The monoisotopic (exact) mass is 234 g/mol. The number of hydrogen-bond acceptors (Lipinski definition) is 3. The van der Waals surface area contributed by atoms with Crippen LogP contribution in [0, 0.1) is 5.92 Å². The van der Waals surface area contributed by atoms with Gasteiger partial charge in [0.25, 0.3) is 5.91 Å². The summed E-state index contributed by atoms with van der Waals surface area (Å²) in [5.74, 6) is 2.05. The van der Waals surface area contributed by atoms with Crippen molar-refractivity contribution in [1.29, 1.82) is 0 Å². The zero-order valence-electron chi connectivity index (χ0n) is 10.3. The zero-order chi connectivity index (χ0) is 12.0. The first kappa shape index (κ1) is 10.8. The molecule has 1 atom stereocenters. The Balaban J connectivity index is 1.70. The van der Waals surface area contributed by atoms with Crippen molar-refractivity contribution in [3.8, 4) is 0 Å². The molecule has 0 aromatic carbocycles. The van der Waals surface area contributed by atoms with Crippen LogP contribution in [0.4, 0.5) is 0 Å². The summed E-state index contributed by atoms with van der Waals surface area (Å²) in [7, 11) is 1.86. The van der Waals surface area contributed by atoms with Crippen LogP contribution in [0.3, 0.4) is 0 Å².